The van der Waals surface area contributed by atoms with Crippen molar-refractivity contribution in [3.8, 4) is 0 Å². The highest BCUT2D eigenvalue weighted by Gasteiger charge is 2.52. The lowest BCUT2D eigenvalue weighted by atomic mass is 9.49. The maximum atomic E-state index is 10.1. The van der Waals surface area contributed by atoms with Crippen LogP contribution in [0.25, 0.3) is 0 Å². The summed E-state index contributed by atoms with van der Waals surface area (Å²) in [5.41, 5.74) is 1.37. The van der Waals surface area contributed by atoms with Gasteiger partial charge in [-0.3, -0.25) is 0 Å². The van der Waals surface area contributed by atoms with Gasteiger partial charge in [-0.25, -0.2) is 0 Å². The predicted octanol–water partition coefficient (Wildman–Crippen LogP) is 2.22. The van der Waals surface area contributed by atoms with Crippen LogP contribution in [0.15, 0.2) is 12.2 Å². The Kier molecular flexibility index (Phi) is 1.48. The van der Waals surface area contributed by atoms with Crippen molar-refractivity contribution in [3.05, 3.63) is 12.2 Å². The van der Waals surface area contributed by atoms with Crippen molar-refractivity contribution in [3.63, 3.8) is 0 Å². The summed E-state index contributed by atoms with van der Waals surface area (Å²) in [5, 5.41) is 10.1. The van der Waals surface area contributed by atoms with Crippen LogP contribution in [0.4, 0.5) is 0 Å². The van der Waals surface area contributed by atoms with Gasteiger partial charge in [-0.1, -0.05) is 19.1 Å². The zero-order valence-corrected chi connectivity index (χ0v) is 8.24. The number of hydrogen-bond donors (Lipinski definition) is 1. The van der Waals surface area contributed by atoms with Gasteiger partial charge in [0.1, 0.15) is 0 Å². The molecule has 72 valence electrons. The number of aliphatic hydroxyl groups excluding tert-OH is 1. The quantitative estimate of drug-likeness (QED) is 0.564. The van der Waals surface area contributed by atoms with Gasteiger partial charge in [0.15, 0.2) is 0 Å². The number of hydrogen-bond acceptors (Lipinski definition) is 1. The Morgan fingerprint density at radius 3 is 2.85 bits per heavy atom. The normalized spacial score (nSPS) is 58.8. The molecule has 4 rings (SSSR count). The summed E-state index contributed by atoms with van der Waals surface area (Å²) in [7, 11) is 0. The van der Waals surface area contributed by atoms with E-state index < -0.39 is 0 Å². The van der Waals surface area contributed by atoms with E-state index in [9.17, 15) is 5.11 Å². The van der Waals surface area contributed by atoms with E-state index >= 15 is 0 Å². The highest BCUT2D eigenvalue weighted by Crippen LogP contribution is 2.58. The molecule has 1 heteroatoms. The second-order valence-corrected chi connectivity index (χ2v) is 5.36. The molecule has 1 N–H and O–H groups in total. The lowest BCUT2D eigenvalue weighted by molar-refractivity contribution is -0.0929. The maximum Gasteiger partial charge on any atom is 0.0636 e. The molecule has 0 aromatic carbocycles. The zero-order chi connectivity index (χ0) is 9.16. The third-order valence-corrected chi connectivity index (χ3v) is 4.97. The molecule has 13 heavy (non-hydrogen) atoms. The molecule has 0 radical (unpaired) electrons. The van der Waals surface area contributed by atoms with E-state index in [1.54, 1.807) is 0 Å². The molecule has 4 saturated carbocycles. The number of rotatable bonds is 0. The van der Waals surface area contributed by atoms with E-state index in [2.05, 4.69) is 13.5 Å². The summed E-state index contributed by atoms with van der Waals surface area (Å²) in [6.07, 6.45) is 3.73. The van der Waals surface area contributed by atoms with Gasteiger partial charge in [0, 0.05) is 5.92 Å². The van der Waals surface area contributed by atoms with Gasteiger partial charge in [-0.05, 0) is 42.9 Å². The molecule has 6 unspecified atom stereocenters. The third-order valence-electron chi connectivity index (χ3n) is 4.97. The van der Waals surface area contributed by atoms with Crippen LogP contribution in [0, 0.1) is 29.6 Å². The average Bonchev–Trinajstić information content (AvgIpc) is 2.10. The maximum absolute atomic E-state index is 10.1. The van der Waals surface area contributed by atoms with Crippen molar-refractivity contribution in [1.82, 2.24) is 0 Å². The molecule has 4 fully saturated rings. The van der Waals surface area contributed by atoms with Crippen molar-refractivity contribution in [2.24, 2.45) is 29.6 Å². The highest BCUT2D eigenvalue weighted by molar-refractivity contribution is 5.20. The van der Waals surface area contributed by atoms with Crippen molar-refractivity contribution in [2.45, 2.75) is 32.3 Å². The summed E-state index contributed by atoms with van der Waals surface area (Å²) in [6, 6.07) is 0. The fourth-order valence-electron chi connectivity index (χ4n) is 4.07. The Morgan fingerprint density at radius 1 is 1.31 bits per heavy atom. The minimum Gasteiger partial charge on any atom is -0.392 e. The SMILES string of the molecule is C=C1C2CC3CC1C(O)C(C2)C3C. The summed E-state index contributed by atoms with van der Waals surface area (Å²) in [4.78, 5) is 0. The Bertz CT molecular complexity index is 258. The van der Waals surface area contributed by atoms with Gasteiger partial charge in [-0.15, -0.1) is 0 Å². The van der Waals surface area contributed by atoms with E-state index in [0.29, 0.717) is 11.8 Å². The molecule has 4 aliphatic carbocycles. The Balaban J connectivity index is 1.99. The van der Waals surface area contributed by atoms with E-state index in [1.807, 2.05) is 0 Å². The lowest BCUT2D eigenvalue weighted by Crippen LogP contribution is -2.53. The minimum absolute atomic E-state index is 0.0599. The van der Waals surface area contributed by atoms with Crippen molar-refractivity contribution >= 4 is 0 Å². The molecule has 0 heterocycles. The minimum atomic E-state index is -0.0599. The predicted molar refractivity (Wildman–Crippen MR) is 52.1 cm³/mol. The molecule has 0 aromatic heterocycles. The van der Waals surface area contributed by atoms with Crippen LogP contribution >= 0.6 is 0 Å². The Labute approximate surface area is 79.8 Å². The molecule has 6 atom stereocenters. The number of aliphatic hydroxyl groups is 1. The summed E-state index contributed by atoms with van der Waals surface area (Å²) < 4.78 is 0. The van der Waals surface area contributed by atoms with Gasteiger partial charge in [0.05, 0.1) is 6.10 Å². The second kappa shape index (κ2) is 2.38. The molecular formula is C12H18O. The van der Waals surface area contributed by atoms with Gasteiger partial charge < -0.3 is 5.11 Å². The van der Waals surface area contributed by atoms with Crippen LogP contribution in [0.5, 0.6) is 0 Å². The van der Waals surface area contributed by atoms with E-state index in [-0.39, 0.29) is 6.10 Å². The zero-order valence-electron chi connectivity index (χ0n) is 8.24. The standard InChI is InChI=1S/C12H18O/c1-6-8-3-9-5-10(6)12(13)11(4-8)7(9)2/h7-13H,1,3-5H2,2H3. The van der Waals surface area contributed by atoms with E-state index in [4.69, 9.17) is 0 Å². The Morgan fingerprint density at radius 2 is 2.08 bits per heavy atom. The molecule has 4 aliphatic rings. The monoisotopic (exact) mass is 178 g/mol. The first-order valence-corrected chi connectivity index (χ1v) is 5.55. The van der Waals surface area contributed by atoms with Gasteiger partial charge in [0.25, 0.3) is 0 Å². The largest absolute Gasteiger partial charge is 0.392 e. The topological polar surface area (TPSA) is 20.2 Å². The first kappa shape index (κ1) is 8.05. The van der Waals surface area contributed by atoms with Crippen LogP contribution in [0.1, 0.15) is 26.2 Å². The fourth-order valence-corrected chi connectivity index (χ4v) is 4.07. The summed E-state index contributed by atoms with van der Waals surface area (Å²) >= 11 is 0. The first-order chi connectivity index (χ1) is 6.18. The van der Waals surface area contributed by atoms with Gasteiger partial charge in [0.2, 0.25) is 0 Å². The molecule has 0 aromatic rings. The molecule has 0 aliphatic heterocycles. The molecule has 4 bridgehead atoms. The van der Waals surface area contributed by atoms with Crippen LogP contribution in [0.2, 0.25) is 0 Å². The summed E-state index contributed by atoms with van der Waals surface area (Å²) in [5.74, 6) is 3.46. The van der Waals surface area contributed by atoms with Gasteiger partial charge >= 0.3 is 0 Å². The van der Waals surface area contributed by atoms with Crippen molar-refractivity contribution < 1.29 is 5.11 Å². The summed E-state index contributed by atoms with van der Waals surface area (Å²) in [6.45, 7) is 6.50. The molecule has 1 nitrogen and oxygen atoms in total. The van der Waals surface area contributed by atoms with E-state index in [1.165, 1.54) is 24.8 Å². The van der Waals surface area contributed by atoms with Crippen LogP contribution in [-0.2, 0) is 0 Å². The fraction of sp³-hybridized carbons (Fsp3) is 0.833. The van der Waals surface area contributed by atoms with Crippen LogP contribution in [-0.4, -0.2) is 11.2 Å². The van der Waals surface area contributed by atoms with Crippen molar-refractivity contribution in [2.75, 3.05) is 0 Å². The average molecular weight is 178 g/mol. The Hall–Kier alpha value is -0.300. The van der Waals surface area contributed by atoms with Gasteiger partial charge in [-0.2, -0.15) is 0 Å². The van der Waals surface area contributed by atoms with Crippen LogP contribution in [0.3, 0.4) is 0 Å². The van der Waals surface area contributed by atoms with E-state index in [0.717, 1.165) is 17.8 Å². The second-order valence-electron chi connectivity index (χ2n) is 5.36. The third kappa shape index (κ3) is 0.864. The first-order valence-electron chi connectivity index (χ1n) is 5.55. The molecule has 0 spiro atoms. The molecule has 0 saturated heterocycles. The highest BCUT2D eigenvalue weighted by atomic mass is 16.3. The molecule has 0 amide bonds. The molecular weight excluding hydrogens is 160 g/mol. The lowest BCUT2D eigenvalue weighted by Gasteiger charge is -2.57. The smallest absolute Gasteiger partial charge is 0.0636 e. The van der Waals surface area contributed by atoms with Crippen molar-refractivity contribution in [1.29, 1.82) is 0 Å². The van der Waals surface area contributed by atoms with Crippen LogP contribution < -0.4 is 0 Å².